The molecule has 2 aromatic carbocycles. The molecule has 1 aliphatic rings. The van der Waals surface area contributed by atoms with Crippen molar-refractivity contribution < 1.29 is 27.5 Å². The van der Waals surface area contributed by atoms with E-state index in [9.17, 15) is 23.1 Å². The second-order valence-electron chi connectivity index (χ2n) is 7.47. The molecule has 1 saturated carbocycles. The minimum Gasteiger partial charge on any atom is -0.478 e. The van der Waals surface area contributed by atoms with E-state index in [1.165, 1.54) is 12.1 Å². The molecule has 0 amide bonds. The SMILES string of the molecule is CC=CCC1CCC(c2ccc(C(=O)O)c(F)c2-c2cc(F)c(F)c(F)c2)CC1. The van der Waals surface area contributed by atoms with Gasteiger partial charge in [0.15, 0.2) is 17.5 Å². The number of halogens is 4. The van der Waals surface area contributed by atoms with Crippen LogP contribution in [-0.2, 0) is 0 Å². The minimum atomic E-state index is -1.64. The first-order chi connectivity index (χ1) is 13.8. The number of hydrogen-bond donors (Lipinski definition) is 1. The summed E-state index contributed by atoms with van der Waals surface area (Å²) in [4.78, 5) is 11.4. The number of carboxylic acids is 1. The summed E-state index contributed by atoms with van der Waals surface area (Å²) in [5.41, 5.74) is -0.453. The van der Waals surface area contributed by atoms with Crippen LogP contribution in [0.3, 0.4) is 0 Å². The lowest BCUT2D eigenvalue weighted by atomic mass is 9.75. The molecular weight excluding hydrogens is 384 g/mol. The van der Waals surface area contributed by atoms with Crippen molar-refractivity contribution in [3.8, 4) is 11.1 Å². The highest BCUT2D eigenvalue weighted by molar-refractivity contribution is 5.90. The standard InChI is InChI=1S/C23H22F4O2/c1-2-3-4-13-5-7-14(8-6-13)16-9-10-17(23(28)29)21(26)20(16)15-11-18(24)22(27)19(25)12-15/h2-3,9-14H,4-8H2,1H3,(H,28,29). The van der Waals surface area contributed by atoms with Gasteiger partial charge in [-0.2, -0.15) is 0 Å². The lowest BCUT2D eigenvalue weighted by Gasteiger charge is -2.30. The van der Waals surface area contributed by atoms with E-state index >= 15 is 4.39 Å². The van der Waals surface area contributed by atoms with E-state index in [4.69, 9.17) is 0 Å². The highest BCUT2D eigenvalue weighted by Crippen LogP contribution is 2.42. The predicted molar refractivity (Wildman–Crippen MR) is 103 cm³/mol. The van der Waals surface area contributed by atoms with Crippen LogP contribution in [0.5, 0.6) is 0 Å². The van der Waals surface area contributed by atoms with Gasteiger partial charge in [0.1, 0.15) is 5.82 Å². The maximum atomic E-state index is 15.1. The second-order valence-corrected chi connectivity index (χ2v) is 7.47. The maximum absolute atomic E-state index is 15.1. The first-order valence-corrected chi connectivity index (χ1v) is 9.65. The Hall–Kier alpha value is -2.63. The minimum absolute atomic E-state index is 0.0691. The van der Waals surface area contributed by atoms with Crippen molar-refractivity contribution in [2.45, 2.75) is 44.9 Å². The Morgan fingerprint density at radius 2 is 1.66 bits per heavy atom. The zero-order valence-electron chi connectivity index (χ0n) is 16.0. The molecule has 29 heavy (non-hydrogen) atoms. The van der Waals surface area contributed by atoms with Gasteiger partial charge in [-0.15, -0.1) is 0 Å². The summed E-state index contributed by atoms with van der Waals surface area (Å²) in [5.74, 6) is -6.61. The van der Waals surface area contributed by atoms with Crippen molar-refractivity contribution >= 4 is 5.97 Å². The van der Waals surface area contributed by atoms with Crippen LogP contribution in [0.2, 0.25) is 0 Å². The van der Waals surface area contributed by atoms with Crippen LogP contribution < -0.4 is 0 Å². The maximum Gasteiger partial charge on any atom is 0.338 e. The molecule has 2 nitrogen and oxygen atoms in total. The first-order valence-electron chi connectivity index (χ1n) is 9.65. The molecule has 0 heterocycles. The van der Waals surface area contributed by atoms with E-state index in [0.29, 0.717) is 23.6 Å². The van der Waals surface area contributed by atoms with E-state index < -0.39 is 34.8 Å². The zero-order valence-corrected chi connectivity index (χ0v) is 16.0. The summed E-state index contributed by atoms with van der Waals surface area (Å²) in [6, 6.07) is 4.11. The molecule has 0 saturated heterocycles. The largest absolute Gasteiger partial charge is 0.478 e. The van der Waals surface area contributed by atoms with Gasteiger partial charge in [-0.25, -0.2) is 22.4 Å². The van der Waals surface area contributed by atoms with Crippen LogP contribution in [-0.4, -0.2) is 11.1 Å². The highest BCUT2D eigenvalue weighted by atomic mass is 19.2. The molecule has 0 atom stereocenters. The van der Waals surface area contributed by atoms with Crippen LogP contribution in [0.15, 0.2) is 36.4 Å². The summed E-state index contributed by atoms with van der Waals surface area (Å²) < 4.78 is 56.1. The second kappa shape index (κ2) is 8.80. The molecule has 3 rings (SSSR count). The normalized spacial score (nSPS) is 19.6. The van der Waals surface area contributed by atoms with Crippen molar-refractivity contribution in [2.24, 2.45) is 5.92 Å². The van der Waals surface area contributed by atoms with Gasteiger partial charge in [0, 0.05) is 5.56 Å². The van der Waals surface area contributed by atoms with Gasteiger partial charge in [-0.1, -0.05) is 18.2 Å². The Bertz CT molecular complexity index is 921. The Morgan fingerprint density at radius 1 is 1.03 bits per heavy atom. The Labute approximate surface area is 166 Å². The molecule has 0 radical (unpaired) electrons. The monoisotopic (exact) mass is 406 g/mol. The molecule has 0 aliphatic heterocycles. The van der Waals surface area contributed by atoms with Gasteiger partial charge in [-0.05, 0) is 80.2 Å². The summed E-state index contributed by atoms with van der Waals surface area (Å²) in [7, 11) is 0. The molecule has 0 spiro atoms. The molecule has 1 fully saturated rings. The van der Waals surface area contributed by atoms with E-state index in [2.05, 4.69) is 6.08 Å². The summed E-state index contributed by atoms with van der Waals surface area (Å²) in [6.45, 7) is 1.96. The van der Waals surface area contributed by atoms with Crippen LogP contribution in [0.4, 0.5) is 17.6 Å². The first kappa shape index (κ1) is 21.1. The quantitative estimate of drug-likeness (QED) is 0.335. The third-order valence-electron chi connectivity index (χ3n) is 5.67. The molecule has 0 bridgehead atoms. The fourth-order valence-electron chi connectivity index (χ4n) is 4.13. The average molecular weight is 406 g/mol. The molecule has 0 unspecified atom stereocenters. The zero-order chi connectivity index (χ0) is 21.1. The van der Waals surface area contributed by atoms with Crippen molar-refractivity contribution in [3.63, 3.8) is 0 Å². The lowest BCUT2D eigenvalue weighted by molar-refractivity contribution is 0.0692. The third kappa shape index (κ3) is 4.36. The van der Waals surface area contributed by atoms with Crippen LogP contribution >= 0.6 is 0 Å². The van der Waals surface area contributed by atoms with Crippen molar-refractivity contribution in [3.05, 3.63) is 70.8 Å². The van der Waals surface area contributed by atoms with E-state index in [1.54, 1.807) is 0 Å². The number of aromatic carboxylic acids is 1. The number of benzene rings is 2. The number of carboxylic acid groups (broad SMARTS) is 1. The molecule has 0 aromatic heterocycles. The van der Waals surface area contributed by atoms with Gasteiger partial charge in [-0.3, -0.25) is 0 Å². The predicted octanol–water partition coefficient (Wildman–Crippen LogP) is 6.85. The Balaban J connectivity index is 2.05. The summed E-state index contributed by atoms with van der Waals surface area (Å²) >= 11 is 0. The van der Waals surface area contributed by atoms with Crippen LogP contribution in [0, 0.1) is 29.2 Å². The van der Waals surface area contributed by atoms with Gasteiger partial charge < -0.3 is 5.11 Å². The molecule has 2 aromatic rings. The summed E-state index contributed by atoms with van der Waals surface area (Å²) in [5, 5.41) is 9.25. The van der Waals surface area contributed by atoms with Gasteiger partial charge >= 0.3 is 5.97 Å². The smallest absolute Gasteiger partial charge is 0.338 e. The van der Waals surface area contributed by atoms with Crippen molar-refractivity contribution in [2.75, 3.05) is 0 Å². The fourth-order valence-corrected chi connectivity index (χ4v) is 4.13. The number of hydrogen-bond acceptors (Lipinski definition) is 1. The average Bonchev–Trinajstić information content (AvgIpc) is 2.70. The molecular formula is C23H22F4O2. The van der Waals surface area contributed by atoms with Gasteiger partial charge in [0.2, 0.25) is 0 Å². The van der Waals surface area contributed by atoms with E-state index in [0.717, 1.165) is 32.1 Å². The third-order valence-corrected chi connectivity index (χ3v) is 5.67. The Morgan fingerprint density at radius 3 is 2.21 bits per heavy atom. The number of rotatable bonds is 5. The topological polar surface area (TPSA) is 37.3 Å². The van der Waals surface area contributed by atoms with Gasteiger partial charge in [0.05, 0.1) is 5.56 Å². The van der Waals surface area contributed by atoms with Gasteiger partial charge in [0.25, 0.3) is 0 Å². The Kier molecular flexibility index (Phi) is 6.40. The van der Waals surface area contributed by atoms with Crippen LogP contribution in [0.1, 0.15) is 60.9 Å². The number of carbonyl (C=O) groups is 1. The van der Waals surface area contributed by atoms with Crippen molar-refractivity contribution in [1.29, 1.82) is 0 Å². The molecule has 1 aliphatic carbocycles. The highest BCUT2D eigenvalue weighted by Gasteiger charge is 2.28. The fraction of sp³-hybridized carbons (Fsp3) is 0.348. The molecule has 1 N–H and O–H groups in total. The lowest BCUT2D eigenvalue weighted by Crippen LogP contribution is -2.15. The van der Waals surface area contributed by atoms with Crippen molar-refractivity contribution in [1.82, 2.24) is 0 Å². The molecule has 6 heteroatoms. The van der Waals surface area contributed by atoms with Crippen LogP contribution in [0.25, 0.3) is 11.1 Å². The molecule has 154 valence electrons. The summed E-state index contributed by atoms with van der Waals surface area (Å²) in [6.07, 6.45) is 8.44. The van der Waals surface area contributed by atoms with E-state index in [1.807, 2.05) is 13.0 Å². The van der Waals surface area contributed by atoms with E-state index in [-0.39, 0.29) is 17.0 Å². The number of allylic oxidation sites excluding steroid dienone is 2.